The average Bonchev–Trinajstić information content (AvgIpc) is 3.01. The minimum Gasteiger partial charge on any atom is -0.444 e. The number of ether oxygens (including phenoxy) is 1. The molecule has 142 valence electrons. The predicted molar refractivity (Wildman–Crippen MR) is 97.0 cm³/mol. The second-order valence-corrected chi connectivity index (χ2v) is 8.91. The van der Waals surface area contributed by atoms with Gasteiger partial charge in [-0.15, -0.1) is 6.58 Å². The number of nitriles is 1. The van der Waals surface area contributed by atoms with Crippen LogP contribution in [0.15, 0.2) is 12.7 Å². The molecule has 2 amide bonds. The van der Waals surface area contributed by atoms with Crippen molar-refractivity contribution in [2.75, 3.05) is 0 Å². The third-order valence-electron chi connectivity index (χ3n) is 5.93. The molecule has 0 aromatic rings. The van der Waals surface area contributed by atoms with E-state index in [2.05, 4.69) is 18.0 Å². The molecule has 6 nitrogen and oxygen atoms in total. The lowest BCUT2D eigenvalue weighted by molar-refractivity contribution is -0.137. The van der Waals surface area contributed by atoms with Crippen molar-refractivity contribution in [3.63, 3.8) is 0 Å². The van der Waals surface area contributed by atoms with Crippen LogP contribution in [0.1, 0.15) is 59.3 Å². The van der Waals surface area contributed by atoms with Crippen molar-refractivity contribution in [3.05, 3.63) is 12.7 Å². The molecule has 1 saturated heterocycles. The second kappa shape index (κ2) is 6.61. The van der Waals surface area contributed by atoms with Gasteiger partial charge in [0.2, 0.25) is 5.91 Å². The summed E-state index contributed by atoms with van der Waals surface area (Å²) in [5.74, 6) is 0.281. The average molecular weight is 359 g/mol. The highest BCUT2D eigenvalue weighted by Crippen LogP contribution is 2.50. The molecule has 0 bridgehead atoms. The van der Waals surface area contributed by atoms with Crippen LogP contribution in [0, 0.1) is 22.7 Å². The molecule has 26 heavy (non-hydrogen) atoms. The first-order chi connectivity index (χ1) is 12.2. The van der Waals surface area contributed by atoms with E-state index in [9.17, 15) is 14.9 Å². The molecule has 3 unspecified atom stereocenters. The maximum Gasteiger partial charge on any atom is 0.408 e. The van der Waals surface area contributed by atoms with Gasteiger partial charge < -0.3 is 15.0 Å². The maximum atomic E-state index is 13.5. The minimum atomic E-state index is -0.729. The molecular weight excluding hydrogens is 330 g/mol. The van der Waals surface area contributed by atoms with E-state index in [1.807, 2.05) is 6.08 Å². The number of hydrogen-bond acceptors (Lipinski definition) is 4. The zero-order chi connectivity index (χ0) is 19.1. The quantitative estimate of drug-likeness (QED) is 0.782. The molecule has 3 rings (SSSR count). The van der Waals surface area contributed by atoms with Gasteiger partial charge in [0.25, 0.3) is 0 Å². The Bertz CT molecular complexity index is 640. The lowest BCUT2D eigenvalue weighted by Gasteiger charge is -2.38. The Morgan fingerprint density at radius 1 is 1.35 bits per heavy atom. The summed E-state index contributed by atoms with van der Waals surface area (Å²) in [4.78, 5) is 27.6. The monoisotopic (exact) mass is 359 g/mol. The smallest absolute Gasteiger partial charge is 0.408 e. The summed E-state index contributed by atoms with van der Waals surface area (Å²) in [7, 11) is 0. The molecule has 1 heterocycles. The summed E-state index contributed by atoms with van der Waals surface area (Å²) in [6.45, 7) is 9.35. The molecule has 6 heteroatoms. The standard InChI is InChI=1S/C20H29N3O3/c1-5-20(8-6-7-9-20)16(22-18(25)26-19(2,3)4)17(24)23-14(12-21)10-13-11-15(13)23/h5,13-16H,1,6-11H2,2-4H3,(H,22,25)/t13?,14?,15?,16-/m1/s1. The van der Waals surface area contributed by atoms with E-state index in [0.717, 1.165) is 38.5 Å². The van der Waals surface area contributed by atoms with E-state index in [-0.39, 0.29) is 11.9 Å². The number of nitrogens with one attached hydrogen (secondary N) is 1. The molecule has 4 atom stereocenters. The fourth-order valence-electron chi connectivity index (χ4n) is 4.56. The molecule has 0 radical (unpaired) electrons. The SMILES string of the molecule is C=CC1([C@H](NC(=O)OC(C)(C)C)C(=O)N2C(C#N)CC3CC32)CCCC1. The molecule has 1 aliphatic heterocycles. The lowest BCUT2D eigenvalue weighted by atomic mass is 9.77. The number of carbonyl (C=O) groups is 2. The van der Waals surface area contributed by atoms with Crippen LogP contribution >= 0.6 is 0 Å². The Hall–Kier alpha value is -2.03. The number of piperidine rings is 1. The first-order valence-electron chi connectivity index (χ1n) is 9.56. The molecule has 3 aliphatic rings. The summed E-state index contributed by atoms with van der Waals surface area (Å²) < 4.78 is 5.40. The highest BCUT2D eigenvalue weighted by Gasteiger charge is 2.57. The van der Waals surface area contributed by atoms with Crippen molar-refractivity contribution in [2.45, 2.75) is 83.0 Å². The van der Waals surface area contributed by atoms with Crippen molar-refractivity contribution < 1.29 is 14.3 Å². The van der Waals surface area contributed by atoms with E-state index >= 15 is 0 Å². The third-order valence-corrected chi connectivity index (χ3v) is 5.93. The van der Waals surface area contributed by atoms with Crippen molar-refractivity contribution in [2.24, 2.45) is 11.3 Å². The van der Waals surface area contributed by atoms with E-state index in [1.54, 1.807) is 25.7 Å². The molecular formula is C20H29N3O3. The molecule has 0 spiro atoms. The van der Waals surface area contributed by atoms with Gasteiger partial charge in [0.05, 0.1) is 6.07 Å². The first-order valence-corrected chi connectivity index (χ1v) is 9.56. The van der Waals surface area contributed by atoms with E-state index < -0.39 is 29.2 Å². The van der Waals surface area contributed by atoms with Gasteiger partial charge >= 0.3 is 6.09 Å². The Morgan fingerprint density at radius 3 is 2.54 bits per heavy atom. The summed E-state index contributed by atoms with van der Waals surface area (Å²) in [6.07, 6.45) is 6.55. The van der Waals surface area contributed by atoms with Crippen LogP contribution in [0.2, 0.25) is 0 Å². The van der Waals surface area contributed by atoms with Gasteiger partial charge in [-0.1, -0.05) is 18.9 Å². The number of nitrogens with zero attached hydrogens (tertiary/aromatic N) is 2. The van der Waals surface area contributed by atoms with Gasteiger partial charge in [-0.25, -0.2) is 4.79 Å². The van der Waals surface area contributed by atoms with Crippen LogP contribution in [0.5, 0.6) is 0 Å². The van der Waals surface area contributed by atoms with Crippen molar-refractivity contribution in [1.82, 2.24) is 10.2 Å². The van der Waals surface area contributed by atoms with Gasteiger partial charge in [0.1, 0.15) is 17.7 Å². The van der Waals surface area contributed by atoms with E-state index in [4.69, 9.17) is 4.74 Å². The number of fused-ring (bicyclic) bond motifs is 1. The van der Waals surface area contributed by atoms with Gasteiger partial charge in [-0.3, -0.25) is 4.79 Å². The van der Waals surface area contributed by atoms with Gasteiger partial charge in [0, 0.05) is 11.5 Å². The Kier molecular flexibility index (Phi) is 4.76. The largest absolute Gasteiger partial charge is 0.444 e. The van der Waals surface area contributed by atoms with E-state index in [1.165, 1.54) is 0 Å². The molecule has 3 fully saturated rings. The molecule has 0 aromatic heterocycles. The van der Waals surface area contributed by atoms with Crippen LogP contribution < -0.4 is 5.32 Å². The summed E-state index contributed by atoms with van der Waals surface area (Å²) >= 11 is 0. The molecule has 1 N–H and O–H groups in total. The van der Waals surface area contributed by atoms with E-state index in [0.29, 0.717) is 5.92 Å². The zero-order valence-electron chi connectivity index (χ0n) is 16.0. The normalized spacial score (nSPS) is 30.1. The number of carbonyl (C=O) groups excluding carboxylic acids is 2. The maximum absolute atomic E-state index is 13.5. The minimum absolute atomic E-state index is 0.151. The van der Waals surface area contributed by atoms with Crippen molar-refractivity contribution in [1.29, 1.82) is 5.26 Å². The number of alkyl carbamates (subject to hydrolysis) is 1. The second-order valence-electron chi connectivity index (χ2n) is 8.91. The van der Waals surface area contributed by atoms with Gasteiger partial charge in [-0.05, 0) is 52.4 Å². The summed E-state index contributed by atoms with van der Waals surface area (Å²) in [6, 6.07) is 1.29. The Balaban J connectivity index is 1.85. The third kappa shape index (κ3) is 3.44. The Labute approximate surface area is 155 Å². The fraction of sp³-hybridized carbons (Fsp3) is 0.750. The number of rotatable bonds is 4. The van der Waals surface area contributed by atoms with Crippen LogP contribution in [0.3, 0.4) is 0 Å². The van der Waals surface area contributed by atoms with Crippen LogP contribution in [-0.4, -0.2) is 40.6 Å². The molecule has 2 aliphatic carbocycles. The van der Waals surface area contributed by atoms with Crippen molar-refractivity contribution in [3.8, 4) is 6.07 Å². The highest BCUT2D eigenvalue weighted by molar-refractivity contribution is 5.88. The topological polar surface area (TPSA) is 82.4 Å². The Morgan fingerprint density at radius 2 is 2.00 bits per heavy atom. The molecule has 0 aromatic carbocycles. The fourth-order valence-corrected chi connectivity index (χ4v) is 4.56. The number of likely N-dealkylation sites (tertiary alicyclic amines) is 1. The molecule has 2 saturated carbocycles. The van der Waals surface area contributed by atoms with Crippen molar-refractivity contribution >= 4 is 12.0 Å². The van der Waals surface area contributed by atoms with Crippen LogP contribution in [0.25, 0.3) is 0 Å². The van der Waals surface area contributed by atoms with Gasteiger partial charge in [0.15, 0.2) is 0 Å². The number of hydrogen-bond donors (Lipinski definition) is 1. The summed E-state index contributed by atoms with van der Waals surface area (Å²) in [5, 5.41) is 12.3. The van der Waals surface area contributed by atoms with Crippen LogP contribution in [0.4, 0.5) is 4.79 Å². The lowest BCUT2D eigenvalue weighted by Crippen LogP contribution is -2.58. The van der Waals surface area contributed by atoms with Gasteiger partial charge in [-0.2, -0.15) is 5.26 Å². The zero-order valence-corrected chi connectivity index (χ0v) is 16.0. The summed E-state index contributed by atoms with van der Waals surface area (Å²) in [5.41, 5.74) is -1.11. The predicted octanol–water partition coefficient (Wildman–Crippen LogP) is 3.14. The highest BCUT2D eigenvalue weighted by atomic mass is 16.6. The number of amides is 2. The van der Waals surface area contributed by atoms with Crippen LogP contribution in [-0.2, 0) is 9.53 Å². The first kappa shape index (κ1) is 18.8.